The predicted molar refractivity (Wildman–Crippen MR) is 50.5 cm³/mol. The second-order valence-electron chi connectivity index (χ2n) is 2.35. The topological polar surface area (TPSA) is 44.8 Å². The highest BCUT2D eigenvalue weighted by molar-refractivity contribution is 7.81. The predicted octanol–water partition coefficient (Wildman–Crippen LogP) is 3.05. The molecule has 0 spiro atoms. The standard InChI is InChI=1S/C7H7ClF3O4P/c1-3-4-14-16(8,12)15-13-5-6(2)7(9,10)11/h1H,2,4-5H2. The maximum atomic E-state index is 11.9. The Hall–Kier alpha value is -0.510. The lowest BCUT2D eigenvalue weighted by Gasteiger charge is -2.11. The fourth-order valence-electron chi connectivity index (χ4n) is 0.378. The van der Waals surface area contributed by atoms with Gasteiger partial charge in [-0.2, -0.15) is 13.2 Å². The van der Waals surface area contributed by atoms with Gasteiger partial charge in [-0.15, -0.1) is 11.1 Å². The van der Waals surface area contributed by atoms with Gasteiger partial charge in [0.15, 0.2) is 0 Å². The monoisotopic (exact) mass is 278 g/mol. The van der Waals surface area contributed by atoms with Gasteiger partial charge < -0.3 is 0 Å². The smallest absolute Gasteiger partial charge is 0.282 e. The molecule has 1 atom stereocenters. The maximum absolute atomic E-state index is 11.9. The summed E-state index contributed by atoms with van der Waals surface area (Å²) in [6, 6.07) is 0. The van der Waals surface area contributed by atoms with Gasteiger partial charge in [-0.05, 0) is 0 Å². The van der Waals surface area contributed by atoms with Crippen LogP contribution >= 0.6 is 18.2 Å². The molecule has 0 heterocycles. The van der Waals surface area contributed by atoms with Crippen LogP contribution in [0, 0.1) is 12.3 Å². The van der Waals surface area contributed by atoms with Crippen LogP contribution < -0.4 is 0 Å². The summed E-state index contributed by atoms with van der Waals surface area (Å²) in [5.41, 5.74) is -1.22. The molecule has 0 aromatic carbocycles. The van der Waals surface area contributed by atoms with Crippen LogP contribution in [0.4, 0.5) is 13.2 Å². The zero-order valence-corrected chi connectivity index (χ0v) is 9.44. The van der Waals surface area contributed by atoms with Crippen LogP contribution in [0.3, 0.4) is 0 Å². The Kier molecular flexibility index (Phi) is 6.08. The SMILES string of the molecule is C#CCOP(=O)(Cl)OOCC(=C)C(F)(F)F. The first-order valence-corrected chi connectivity index (χ1v) is 6.07. The zero-order chi connectivity index (χ0) is 12.8. The van der Waals surface area contributed by atoms with Crippen LogP contribution in [-0.2, 0) is 18.7 Å². The van der Waals surface area contributed by atoms with E-state index in [0.717, 1.165) is 0 Å². The lowest BCUT2D eigenvalue weighted by Crippen LogP contribution is -2.15. The Labute approximate surface area is 94.6 Å². The first-order chi connectivity index (χ1) is 7.19. The fourth-order valence-corrected chi connectivity index (χ4v) is 1.09. The third kappa shape index (κ3) is 6.88. The highest BCUT2D eigenvalue weighted by Crippen LogP contribution is 2.53. The highest BCUT2D eigenvalue weighted by Gasteiger charge is 2.33. The number of rotatable bonds is 6. The Morgan fingerprint density at radius 3 is 2.56 bits per heavy atom. The molecule has 0 bridgehead atoms. The van der Waals surface area contributed by atoms with E-state index in [1.165, 1.54) is 0 Å². The van der Waals surface area contributed by atoms with Gasteiger partial charge in [0.1, 0.15) is 13.2 Å². The van der Waals surface area contributed by atoms with Crippen molar-refractivity contribution in [3.8, 4) is 12.3 Å². The van der Waals surface area contributed by atoms with Crippen LogP contribution in [0.15, 0.2) is 12.2 Å². The number of hydrogen-bond acceptors (Lipinski definition) is 4. The normalized spacial score (nSPS) is 15.2. The van der Waals surface area contributed by atoms with E-state index in [9.17, 15) is 17.7 Å². The molecule has 0 aromatic rings. The number of hydrogen-bond donors (Lipinski definition) is 0. The molecule has 0 aromatic heterocycles. The molecule has 0 aliphatic heterocycles. The van der Waals surface area contributed by atoms with Crippen molar-refractivity contribution in [2.45, 2.75) is 6.18 Å². The maximum Gasteiger partial charge on any atom is 0.452 e. The van der Waals surface area contributed by atoms with Gasteiger partial charge in [0.05, 0.1) is 5.57 Å². The zero-order valence-electron chi connectivity index (χ0n) is 7.79. The lowest BCUT2D eigenvalue weighted by atomic mass is 10.3. The second kappa shape index (κ2) is 6.28. The summed E-state index contributed by atoms with van der Waals surface area (Å²) in [7, 11) is 0. The first-order valence-electron chi connectivity index (χ1n) is 3.63. The summed E-state index contributed by atoms with van der Waals surface area (Å²) in [4.78, 5) is 3.98. The molecule has 0 saturated carbocycles. The molecule has 0 N–H and O–H groups in total. The van der Waals surface area contributed by atoms with E-state index in [0.29, 0.717) is 0 Å². The summed E-state index contributed by atoms with van der Waals surface area (Å²) in [6.07, 6.45) is 0.130. The Morgan fingerprint density at radius 2 is 2.12 bits per heavy atom. The van der Waals surface area contributed by atoms with Gasteiger partial charge in [0.2, 0.25) is 0 Å². The van der Waals surface area contributed by atoms with Crippen LogP contribution in [0.1, 0.15) is 0 Å². The van der Waals surface area contributed by atoms with Crippen molar-refractivity contribution in [1.29, 1.82) is 0 Å². The molecule has 9 heteroatoms. The van der Waals surface area contributed by atoms with Crippen molar-refractivity contribution >= 4 is 18.2 Å². The van der Waals surface area contributed by atoms with Crippen LogP contribution in [0.5, 0.6) is 0 Å². The highest BCUT2D eigenvalue weighted by atomic mass is 35.7. The Bertz CT molecular complexity index is 336. The second-order valence-corrected chi connectivity index (χ2v) is 4.86. The molecule has 0 saturated heterocycles. The summed E-state index contributed by atoms with van der Waals surface area (Å²) in [5.74, 6) is 1.94. The van der Waals surface area contributed by atoms with Crippen LogP contribution in [0.25, 0.3) is 0 Å². The summed E-state index contributed by atoms with van der Waals surface area (Å²) in [5, 5.41) is 0. The van der Waals surface area contributed by atoms with Gasteiger partial charge in [-0.3, -0.25) is 4.52 Å². The molecule has 0 aliphatic carbocycles. The molecule has 1 unspecified atom stereocenters. The molecule has 0 fully saturated rings. The molecule has 0 aliphatic rings. The molecule has 16 heavy (non-hydrogen) atoms. The van der Waals surface area contributed by atoms with Crippen molar-refractivity contribution in [1.82, 2.24) is 0 Å². The van der Waals surface area contributed by atoms with Crippen molar-refractivity contribution in [2.75, 3.05) is 13.2 Å². The average molecular weight is 279 g/mol. The van der Waals surface area contributed by atoms with Gasteiger partial charge >= 0.3 is 13.1 Å². The van der Waals surface area contributed by atoms with E-state index in [4.69, 9.17) is 17.7 Å². The molecule has 4 nitrogen and oxygen atoms in total. The minimum absolute atomic E-state index is 0.426. The minimum atomic E-state index is -4.63. The summed E-state index contributed by atoms with van der Waals surface area (Å²) in [6.45, 7) is -2.92. The van der Waals surface area contributed by atoms with Crippen LogP contribution in [0.2, 0.25) is 0 Å². The van der Waals surface area contributed by atoms with E-state index in [-0.39, 0.29) is 0 Å². The largest absolute Gasteiger partial charge is 0.452 e. The van der Waals surface area contributed by atoms with Crippen molar-refractivity contribution in [2.24, 2.45) is 0 Å². The Balaban J connectivity index is 3.95. The quantitative estimate of drug-likeness (QED) is 0.246. The molecule has 0 radical (unpaired) electrons. The van der Waals surface area contributed by atoms with Gasteiger partial charge in [-0.1, -0.05) is 12.5 Å². The van der Waals surface area contributed by atoms with E-state index in [2.05, 4.69) is 20.7 Å². The van der Waals surface area contributed by atoms with E-state index in [1.807, 2.05) is 5.92 Å². The summed E-state index contributed by atoms with van der Waals surface area (Å²) >= 11 is 5.09. The van der Waals surface area contributed by atoms with E-state index < -0.39 is 31.9 Å². The Morgan fingerprint density at radius 1 is 1.56 bits per heavy atom. The molecule has 0 amide bonds. The van der Waals surface area contributed by atoms with Crippen LogP contribution in [-0.4, -0.2) is 19.4 Å². The van der Waals surface area contributed by atoms with Crippen molar-refractivity contribution < 1.29 is 31.8 Å². The molecule has 0 rings (SSSR count). The van der Waals surface area contributed by atoms with Gasteiger partial charge in [0.25, 0.3) is 0 Å². The average Bonchev–Trinajstić information content (AvgIpc) is 2.13. The molecular weight excluding hydrogens is 271 g/mol. The van der Waals surface area contributed by atoms with Crippen molar-refractivity contribution in [3.05, 3.63) is 12.2 Å². The lowest BCUT2D eigenvalue weighted by molar-refractivity contribution is -0.214. The number of alkyl halides is 3. The number of halogens is 4. The molecule has 92 valence electrons. The van der Waals surface area contributed by atoms with Gasteiger partial charge in [0, 0.05) is 11.2 Å². The fraction of sp³-hybridized carbons (Fsp3) is 0.429. The van der Waals surface area contributed by atoms with E-state index >= 15 is 0 Å². The van der Waals surface area contributed by atoms with E-state index in [1.54, 1.807) is 0 Å². The third-order valence-electron chi connectivity index (χ3n) is 1.08. The molecular formula is C7H7ClF3O4P. The minimum Gasteiger partial charge on any atom is -0.282 e. The number of terminal acetylenes is 1. The first kappa shape index (κ1) is 15.5. The third-order valence-corrected chi connectivity index (χ3v) is 2.26. The van der Waals surface area contributed by atoms with Gasteiger partial charge in [-0.25, -0.2) is 9.45 Å². The summed E-state index contributed by atoms with van der Waals surface area (Å²) < 4.78 is 54.8. The van der Waals surface area contributed by atoms with Crippen molar-refractivity contribution in [3.63, 3.8) is 0 Å².